The van der Waals surface area contributed by atoms with Crippen molar-refractivity contribution in [2.75, 3.05) is 5.32 Å². The number of hydrogen-bond donors (Lipinski definition) is 2. The van der Waals surface area contributed by atoms with Gasteiger partial charge in [0.05, 0.1) is 23.4 Å². The number of ether oxygens (including phenoxy) is 1. The first-order valence-electron chi connectivity index (χ1n) is 8.65. The second kappa shape index (κ2) is 7.95. The molecule has 0 unspecified atom stereocenters. The largest absolute Gasteiger partial charge is 0.506 e. The molecule has 0 aliphatic heterocycles. The molecule has 0 fully saturated rings. The van der Waals surface area contributed by atoms with Crippen molar-refractivity contribution in [1.82, 2.24) is 5.16 Å². The summed E-state index contributed by atoms with van der Waals surface area (Å²) in [7, 11) is 0. The molecule has 27 heavy (non-hydrogen) atoms. The Labute approximate surface area is 157 Å². The lowest BCUT2D eigenvalue weighted by Crippen LogP contribution is -2.14. The van der Waals surface area contributed by atoms with Crippen LogP contribution in [0.3, 0.4) is 0 Å². The van der Waals surface area contributed by atoms with Crippen LogP contribution in [0, 0.1) is 20.8 Å². The molecule has 0 saturated heterocycles. The molecule has 140 valence electrons. The van der Waals surface area contributed by atoms with E-state index in [4.69, 9.17) is 9.26 Å². The highest BCUT2D eigenvalue weighted by Crippen LogP contribution is 2.24. The minimum absolute atomic E-state index is 0.0615. The molecule has 6 heteroatoms. The molecule has 0 atom stereocenters. The molecule has 3 rings (SSSR count). The van der Waals surface area contributed by atoms with Gasteiger partial charge in [-0.2, -0.15) is 0 Å². The summed E-state index contributed by atoms with van der Waals surface area (Å²) in [5.74, 6) is 1.32. The predicted molar refractivity (Wildman–Crippen MR) is 102 cm³/mol. The lowest BCUT2D eigenvalue weighted by Gasteiger charge is -2.09. The van der Waals surface area contributed by atoms with Crippen LogP contribution >= 0.6 is 0 Å². The minimum atomic E-state index is -0.196. The standard InChI is InChI=1S/C21H22N2O4/c1-13-4-9-19(20(24)10-13)22-21(25)11-16-5-7-17(8-6-16)26-12-18-14(2)23-27-15(18)3/h4-10,24H,11-12H2,1-3H3,(H,22,25). The first-order chi connectivity index (χ1) is 12.9. The van der Waals surface area contributed by atoms with Crippen LogP contribution in [-0.2, 0) is 17.8 Å². The quantitative estimate of drug-likeness (QED) is 0.643. The summed E-state index contributed by atoms with van der Waals surface area (Å²) >= 11 is 0. The summed E-state index contributed by atoms with van der Waals surface area (Å²) in [6.07, 6.45) is 0.206. The fourth-order valence-electron chi connectivity index (χ4n) is 2.69. The van der Waals surface area contributed by atoms with E-state index in [2.05, 4.69) is 10.5 Å². The van der Waals surface area contributed by atoms with Crippen LogP contribution in [0.5, 0.6) is 11.5 Å². The number of carbonyl (C=O) groups excluding carboxylic acids is 1. The van der Waals surface area contributed by atoms with Crippen LogP contribution in [0.2, 0.25) is 0 Å². The topological polar surface area (TPSA) is 84.6 Å². The van der Waals surface area contributed by atoms with Crippen molar-refractivity contribution < 1.29 is 19.2 Å². The number of hydrogen-bond acceptors (Lipinski definition) is 5. The van der Waals surface area contributed by atoms with Crippen LogP contribution in [0.15, 0.2) is 47.0 Å². The van der Waals surface area contributed by atoms with Crippen LogP contribution < -0.4 is 10.1 Å². The third-order valence-electron chi connectivity index (χ3n) is 4.28. The highest BCUT2D eigenvalue weighted by atomic mass is 16.5. The number of nitrogens with zero attached hydrogens (tertiary/aromatic N) is 1. The van der Waals surface area contributed by atoms with E-state index < -0.39 is 0 Å². The fourth-order valence-corrected chi connectivity index (χ4v) is 2.69. The van der Waals surface area contributed by atoms with Crippen molar-refractivity contribution in [1.29, 1.82) is 0 Å². The number of nitrogens with one attached hydrogen (secondary N) is 1. The van der Waals surface area contributed by atoms with E-state index >= 15 is 0 Å². The van der Waals surface area contributed by atoms with Crippen molar-refractivity contribution in [2.45, 2.75) is 33.8 Å². The van der Waals surface area contributed by atoms with Gasteiger partial charge in [-0.25, -0.2) is 0 Å². The fraction of sp³-hybridized carbons (Fsp3) is 0.238. The highest BCUT2D eigenvalue weighted by molar-refractivity contribution is 5.93. The molecule has 1 heterocycles. The van der Waals surface area contributed by atoms with Gasteiger partial charge in [0, 0.05) is 0 Å². The molecule has 6 nitrogen and oxygen atoms in total. The summed E-state index contributed by atoms with van der Waals surface area (Å²) < 4.78 is 10.9. The number of aromatic nitrogens is 1. The zero-order valence-corrected chi connectivity index (χ0v) is 15.6. The van der Waals surface area contributed by atoms with Crippen LogP contribution in [0.1, 0.15) is 28.1 Å². The average Bonchev–Trinajstić information content (AvgIpc) is 2.95. The van der Waals surface area contributed by atoms with Crippen LogP contribution in [0.4, 0.5) is 5.69 Å². The van der Waals surface area contributed by atoms with E-state index in [-0.39, 0.29) is 18.1 Å². The zero-order valence-electron chi connectivity index (χ0n) is 15.6. The Morgan fingerprint density at radius 3 is 2.52 bits per heavy atom. The van der Waals surface area contributed by atoms with E-state index in [0.717, 1.165) is 28.1 Å². The van der Waals surface area contributed by atoms with Gasteiger partial charge in [0.1, 0.15) is 23.9 Å². The number of phenols is 1. The number of rotatable bonds is 6. The third kappa shape index (κ3) is 4.67. The van der Waals surface area contributed by atoms with Crippen LogP contribution in [0.25, 0.3) is 0 Å². The van der Waals surface area contributed by atoms with Gasteiger partial charge in [-0.1, -0.05) is 23.4 Å². The molecule has 2 aromatic carbocycles. The molecule has 0 radical (unpaired) electrons. The lowest BCUT2D eigenvalue weighted by molar-refractivity contribution is -0.115. The van der Waals surface area contributed by atoms with Crippen molar-refractivity contribution in [3.05, 3.63) is 70.6 Å². The molecule has 2 N–H and O–H groups in total. The monoisotopic (exact) mass is 366 g/mol. The Morgan fingerprint density at radius 1 is 1.15 bits per heavy atom. The second-order valence-corrected chi connectivity index (χ2v) is 6.48. The van der Waals surface area contributed by atoms with Gasteiger partial charge in [-0.3, -0.25) is 4.79 Å². The summed E-state index contributed by atoms with van der Waals surface area (Å²) in [6.45, 7) is 5.99. The molecule has 3 aromatic rings. The summed E-state index contributed by atoms with van der Waals surface area (Å²) in [5, 5.41) is 16.5. The average molecular weight is 366 g/mol. The molecular formula is C21H22N2O4. The van der Waals surface area contributed by atoms with Crippen molar-refractivity contribution in [2.24, 2.45) is 0 Å². The van der Waals surface area contributed by atoms with Crippen molar-refractivity contribution >= 4 is 11.6 Å². The molecule has 0 aliphatic carbocycles. The van der Waals surface area contributed by atoms with E-state index in [0.29, 0.717) is 18.0 Å². The maximum absolute atomic E-state index is 12.2. The summed E-state index contributed by atoms with van der Waals surface area (Å²) in [6, 6.07) is 12.5. The Morgan fingerprint density at radius 2 is 1.89 bits per heavy atom. The Kier molecular flexibility index (Phi) is 5.45. The first-order valence-corrected chi connectivity index (χ1v) is 8.65. The Bertz CT molecular complexity index is 926. The van der Waals surface area contributed by atoms with Crippen molar-refractivity contribution in [3.63, 3.8) is 0 Å². The van der Waals surface area contributed by atoms with Gasteiger partial charge in [0.15, 0.2) is 0 Å². The maximum atomic E-state index is 12.2. The summed E-state index contributed by atoms with van der Waals surface area (Å²) in [4.78, 5) is 12.2. The molecule has 0 aliphatic rings. The zero-order chi connectivity index (χ0) is 19.4. The molecule has 1 amide bonds. The van der Waals surface area contributed by atoms with E-state index in [1.807, 2.05) is 51.1 Å². The summed E-state index contributed by atoms with van der Waals surface area (Å²) in [5.41, 5.74) is 3.95. The number of anilines is 1. The van der Waals surface area contributed by atoms with Gasteiger partial charge in [0.2, 0.25) is 5.91 Å². The molecular weight excluding hydrogens is 344 g/mol. The Hall–Kier alpha value is -3.28. The SMILES string of the molecule is Cc1ccc(NC(=O)Cc2ccc(OCc3c(C)noc3C)cc2)c(O)c1. The maximum Gasteiger partial charge on any atom is 0.228 e. The minimum Gasteiger partial charge on any atom is -0.506 e. The number of carbonyl (C=O) groups is 1. The number of aryl methyl sites for hydroxylation is 3. The third-order valence-corrected chi connectivity index (χ3v) is 4.28. The highest BCUT2D eigenvalue weighted by Gasteiger charge is 2.10. The molecule has 0 bridgehead atoms. The van der Waals surface area contributed by atoms with Gasteiger partial charge in [-0.15, -0.1) is 0 Å². The lowest BCUT2D eigenvalue weighted by atomic mass is 10.1. The van der Waals surface area contributed by atoms with E-state index in [9.17, 15) is 9.90 Å². The van der Waals surface area contributed by atoms with Gasteiger partial charge < -0.3 is 19.7 Å². The first kappa shape index (κ1) is 18.5. The van der Waals surface area contributed by atoms with E-state index in [1.54, 1.807) is 12.1 Å². The van der Waals surface area contributed by atoms with E-state index in [1.165, 1.54) is 0 Å². The van der Waals surface area contributed by atoms with Gasteiger partial charge in [-0.05, 0) is 56.2 Å². The normalized spacial score (nSPS) is 10.6. The smallest absolute Gasteiger partial charge is 0.228 e. The van der Waals surface area contributed by atoms with Crippen LogP contribution in [-0.4, -0.2) is 16.2 Å². The number of benzene rings is 2. The van der Waals surface area contributed by atoms with Crippen molar-refractivity contribution in [3.8, 4) is 11.5 Å². The molecule has 1 aromatic heterocycles. The Balaban J connectivity index is 1.56. The van der Waals surface area contributed by atoms with Gasteiger partial charge in [0.25, 0.3) is 0 Å². The van der Waals surface area contributed by atoms with Gasteiger partial charge >= 0.3 is 0 Å². The number of phenolic OH excluding ortho intramolecular Hbond substituents is 1. The number of amides is 1. The molecule has 0 spiro atoms. The number of aromatic hydroxyl groups is 1. The predicted octanol–water partition coefficient (Wildman–Crippen LogP) is 4.07. The molecule has 0 saturated carbocycles. The second-order valence-electron chi connectivity index (χ2n) is 6.48.